The Hall–Kier alpha value is -1.71. The first kappa shape index (κ1) is 12.3. The van der Waals surface area contributed by atoms with Crippen molar-refractivity contribution in [2.24, 2.45) is 9.98 Å². The van der Waals surface area contributed by atoms with Gasteiger partial charge in [0.1, 0.15) is 6.00 Å². The van der Waals surface area contributed by atoms with Crippen molar-refractivity contribution in [2.75, 3.05) is 6.00 Å². The lowest BCUT2D eigenvalue weighted by molar-refractivity contribution is 1.23. The second kappa shape index (κ2) is 5.11. The van der Waals surface area contributed by atoms with Gasteiger partial charge in [-0.2, -0.15) is 0 Å². The van der Waals surface area contributed by atoms with Gasteiger partial charge in [-0.1, -0.05) is 24.3 Å². The topological polar surface area (TPSA) is 24.7 Å². The minimum atomic E-state index is 0.243. The highest BCUT2D eigenvalue weighted by Crippen LogP contribution is 2.40. The van der Waals surface area contributed by atoms with Crippen molar-refractivity contribution in [3.05, 3.63) is 47.8 Å². The Morgan fingerprint density at radius 2 is 1.95 bits per heavy atom. The van der Waals surface area contributed by atoms with Crippen LogP contribution in [0.2, 0.25) is 0 Å². The summed E-state index contributed by atoms with van der Waals surface area (Å²) in [6.07, 6.45) is 0. The zero-order chi connectivity index (χ0) is 13.2. The smallest absolute Gasteiger partial charge is 0.114 e. The van der Waals surface area contributed by atoms with Gasteiger partial charge in [-0.3, -0.25) is 9.98 Å². The van der Waals surface area contributed by atoms with Crippen LogP contribution in [-0.4, -0.2) is 12.7 Å². The molecule has 1 aliphatic carbocycles. The van der Waals surface area contributed by atoms with E-state index in [9.17, 15) is 0 Å². The highest BCUT2D eigenvalue weighted by Gasteiger charge is 2.13. The second-order valence-corrected chi connectivity index (χ2v) is 5.36. The van der Waals surface area contributed by atoms with Gasteiger partial charge in [-0.15, -0.1) is 22.9 Å². The van der Waals surface area contributed by atoms with E-state index in [0.717, 1.165) is 26.9 Å². The molecule has 19 heavy (non-hydrogen) atoms. The molecule has 1 aromatic rings. The van der Waals surface area contributed by atoms with Crippen LogP contribution in [0.25, 0.3) is 20.5 Å². The molecular formula is C15H11ClN2S. The van der Waals surface area contributed by atoms with E-state index in [2.05, 4.69) is 34.9 Å². The Bertz CT molecular complexity index is 792. The summed E-state index contributed by atoms with van der Waals surface area (Å²) in [6.45, 7) is 3.71. The van der Waals surface area contributed by atoms with Gasteiger partial charge in [0.15, 0.2) is 0 Å². The SMILES string of the molecule is C=Nc1c2/c(=N\CCl)cccc-2sc2ccccc12. The average Bonchev–Trinajstić information content (AvgIpc) is 2.45. The number of aliphatic imine (C=N–C) groups is 1. The van der Waals surface area contributed by atoms with E-state index in [1.54, 1.807) is 11.3 Å². The van der Waals surface area contributed by atoms with E-state index in [4.69, 9.17) is 11.6 Å². The molecule has 0 fully saturated rings. The van der Waals surface area contributed by atoms with Crippen LogP contribution in [0.5, 0.6) is 0 Å². The number of hydrogen-bond donors (Lipinski definition) is 0. The van der Waals surface area contributed by atoms with E-state index in [1.165, 1.54) is 4.70 Å². The first-order valence-electron chi connectivity index (χ1n) is 5.83. The molecule has 2 nitrogen and oxygen atoms in total. The van der Waals surface area contributed by atoms with Crippen LogP contribution in [0.1, 0.15) is 0 Å². The van der Waals surface area contributed by atoms with Gasteiger partial charge in [0, 0.05) is 20.5 Å². The van der Waals surface area contributed by atoms with E-state index < -0.39 is 0 Å². The lowest BCUT2D eigenvalue weighted by Gasteiger charge is -2.11. The molecule has 1 aromatic carbocycles. The van der Waals surface area contributed by atoms with E-state index in [0.29, 0.717) is 0 Å². The molecule has 0 N–H and O–H groups in total. The summed E-state index contributed by atoms with van der Waals surface area (Å²) in [4.78, 5) is 9.70. The lowest BCUT2D eigenvalue weighted by atomic mass is 10.1. The van der Waals surface area contributed by atoms with Gasteiger partial charge >= 0.3 is 0 Å². The first-order valence-corrected chi connectivity index (χ1v) is 7.18. The van der Waals surface area contributed by atoms with E-state index in [1.807, 2.05) is 24.3 Å². The molecule has 1 aliphatic heterocycles. The number of rotatable bonds is 2. The predicted octanol–water partition coefficient (Wildman–Crippen LogP) is 4.44. The first-order chi connectivity index (χ1) is 9.35. The van der Waals surface area contributed by atoms with Crippen LogP contribution in [0.3, 0.4) is 0 Å². The average molecular weight is 287 g/mol. The minimum absolute atomic E-state index is 0.243. The third-order valence-electron chi connectivity index (χ3n) is 2.99. The molecular weight excluding hydrogens is 276 g/mol. The normalized spacial score (nSPS) is 12.2. The van der Waals surface area contributed by atoms with Crippen molar-refractivity contribution in [2.45, 2.75) is 0 Å². The molecule has 0 spiro atoms. The van der Waals surface area contributed by atoms with E-state index >= 15 is 0 Å². The van der Waals surface area contributed by atoms with Crippen molar-refractivity contribution in [1.82, 2.24) is 0 Å². The molecule has 1 heterocycles. The fourth-order valence-electron chi connectivity index (χ4n) is 2.21. The van der Waals surface area contributed by atoms with Crippen LogP contribution in [0, 0.1) is 0 Å². The van der Waals surface area contributed by atoms with Crippen molar-refractivity contribution < 1.29 is 0 Å². The second-order valence-electron chi connectivity index (χ2n) is 4.03. The standard InChI is InChI=1S/C15H11ClN2S/c1-17-15-10-5-2-3-7-12(10)19-13-8-4-6-11(14(13)15)18-9-16/h2-8H,1,9H2/b18-11-. The number of halogens is 1. The van der Waals surface area contributed by atoms with Crippen LogP contribution in [-0.2, 0) is 0 Å². The molecule has 0 amide bonds. The van der Waals surface area contributed by atoms with Gasteiger partial charge in [0.2, 0.25) is 0 Å². The van der Waals surface area contributed by atoms with Gasteiger partial charge in [0.25, 0.3) is 0 Å². The predicted molar refractivity (Wildman–Crippen MR) is 83.9 cm³/mol. The fourth-order valence-corrected chi connectivity index (χ4v) is 3.44. The summed E-state index contributed by atoms with van der Waals surface area (Å²) in [7, 11) is 0. The van der Waals surface area contributed by atoms with Crippen LogP contribution in [0.4, 0.5) is 5.69 Å². The Morgan fingerprint density at radius 3 is 2.74 bits per heavy atom. The fraction of sp³-hybridized carbons (Fsp3) is 0.0667. The van der Waals surface area contributed by atoms with Crippen molar-refractivity contribution in [1.29, 1.82) is 0 Å². The number of alkyl halides is 1. The molecule has 0 saturated heterocycles. The van der Waals surface area contributed by atoms with Crippen molar-refractivity contribution >= 4 is 45.4 Å². The molecule has 0 radical (unpaired) electrons. The zero-order valence-electron chi connectivity index (χ0n) is 10.1. The number of hydrogen-bond acceptors (Lipinski definition) is 3. The molecule has 94 valence electrons. The van der Waals surface area contributed by atoms with Crippen LogP contribution in [0.15, 0.2) is 52.4 Å². The molecule has 0 atom stereocenters. The highest BCUT2D eigenvalue weighted by molar-refractivity contribution is 7.21. The zero-order valence-corrected chi connectivity index (χ0v) is 11.7. The molecule has 0 aromatic heterocycles. The summed E-state index contributed by atoms with van der Waals surface area (Å²) >= 11 is 7.47. The maximum absolute atomic E-state index is 5.74. The Labute approximate surface area is 120 Å². The van der Waals surface area contributed by atoms with Gasteiger partial charge in [0.05, 0.1) is 11.0 Å². The summed E-state index contributed by atoms with van der Waals surface area (Å²) in [5.41, 5.74) is 1.91. The Balaban J connectivity index is 2.57. The quantitative estimate of drug-likeness (QED) is 0.288. The lowest BCUT2D eigenvalue weighted by Crippen LogP contribution is -2.06. The Morgan fingerprint density at radius 1 is 1.11 bits per heavy atom. The maximum atomic E-state index is 5.74. The maximum Gasteiger partial charge on any atom is 0.114 e. The largest absolute Gasteiger partial charge is 0.269 e. The number of fused-ring (bicyclic) bond motifs is 2. The summed E-state index contributed by atoms with van der Waals surface area (Å²) in [6, 6.07) is 14.5. The third-order valence-corrected chi connectivity index (χ3v) is 4.25. The molecule has 2 aliphatic rings. The molecule has 0 unspecified atom stereocenters. The highest BCUT2D eigenvalue weighted by atomic mass is 35.5. The van der Waals surface area contributed by atoms with Crippen molar-refractivity contribution in [3.8, 4) is 10.4 Å². The summed E-state index contributed by atoms with van der Waals surface area (Å²) < 4.78 is 1.19. The summed E-state index contributed by atoms with van der Waals surface area (Å²) in [5.74, 6) is 0. The minimum Gasteiger partial charge on any atom is -0.269 e. The molecule has 0 bridgehead atoms. The molecule has 4 heteroatoms. The van der Waals surface area contributed by atoms with Gasteiger partial charge in [-0.25, -0.2) is 0 Å². The van der Waals surface area contributed by atoms with Crippen LogP contribution >= 0.6 is 22.9 Å². The molecule has 0 saturated carbocycles. The number of nitrogens with zero attached hydrogens (tertiary/aromatic N) is 2. The number of benzene rings is 2. The van der Waals surface area contributed by atoms with E-state index in [-0.39, 0.29) is 6.00 Å². The van der Waals surface area contributed by atoms with Gasteiger partial charge < -0.3 is 0 Å². The third kappa shape index (κ3) is 2.05. The van der Waals surface area contributed by atoms with Crippen molar-refractivity contribution in [3.63, 3.8) is 0 Å². The molecule has 3 rings (SSSR count). The van der Waals surface area contributed by atoms with Gasteiger partial charge in [-0.05, 0) is 24.9 Å². The van der Waals surface area contributed by atoms with Crippen LogP contribution < -0.4 is 5.36 Å². The monoisotopic (exact) mass is 286 g/mol. The summed E-state index contributed by atoms with van der Waals surface area (Å²) in [5, 5.41) is 1.98. The Kier molecular flexibility index (Phi) is 3.32.